The molecule has 2 heterocycles. The molecule has 0 spiro atoms. The van der Waals surface area contributed by atoms with Crippen LogP contribution in [0.15, 0.2) is 54.7 Å². The van der Waals surface area contributed by atoms with Crippen molar-refractivity contribution < 1.29 is 14.7 Å². The Hall–Kier alpha value is -3.08. The molecule has 1 saturated heterocycles. The maximum absolute atomic E-state index is 12.9. The minimum Gasteiger partial charge on any atom is -0.481 e. The van der Waals surface area contributed by atoms with Gasteiger partial charge in [-0.25, -0.2) is 0 Å². The molecule has 2 N–H and O–H groups in total. The van der Waals surface area contributed by atoms with Crippen molar-refractivity contribution in [2.45, 2.75) is 19.3 Å². The molecule has 1 aliphatic heterocycles. The van der Waals surface area contributed by atoms with E-state index >= 15 is 0 Å². The Kier molecular flexibility index (Phi) is 4.44. The van der Waals surface area contributed by atoms with Crippen molar-refractivity contribution >= 4 is 22.8 Å². The molecule has 0 radical (unpaired) electrons. The van der Waals surface area contributed by atoms with Crippen LogP contribution in [0, 0.1) is 12.8 Å². The van der Waals surface area contributed by atoms with Gasteiger partial charge in [0.15, 0.2) is 0 Å². The number of H-pyrrole nitrogens is 1. The highest BCUT2D eigenvalue weighted by atomic mass is 16.4. The zero-order valence-electron chi connectivity index (χ0n) is 15.2. The van der Waals surface area contributed by atoms with Crippen LogP contribution in [0.2, 0.25) is 0 Å². The van der Waals surface area contributed by atoms with E-state index in [9.17, 15) is 14.7 Å². The van der Waals surface area contributed by atoms with Gasteiger partial charge in [-0.1, -0.05) is 48.5 Å². The minimum absolute atomic E-state index is 0.0258. The first kappa shape index (κ1) is 17.3. The highest BCUT2D eigenvalue weighted by molar-refractivity contribution is 5.91. The second-order valence-electron chi connectivity index (χ2n) is 7.25. The Morgan fingerprint density at radius 2 is 1.89 bits per heavy atom. The molecular formula is C22H22N2O3. The van der Waals surface area contributed by atoms with Crippen LogP contribution in [-0.4, -0.2) is 40.0 Å². The maximum Gasteiger partial charge on any atom is 0.308 e. The summed E-state index contributed by atoms with van der Waals surface area (Å²) in [5.41, 5.74) is 4.12. The summed E-state index contributed by atoms with van der Waals surface area (Å²) in [5.74, 6) is -1.61. The van der Waals surface area contributed by atoms with Gasteiger partial charge < -0.3 is 15.0 Å². The lowest BCUT2D eigenvalue weighted by Crippen LogP contribution is -2.31. The summed E-state index contributed by atoms with van der Waals surface area (Å²) in [4.78, 5) is 29.6. The van der Waals surface area contributed by atoms with Crippen molar-refractivity contribution in [3.63, 3.8) is 0 Å². The lowest BCUT2D eigenvalue weighted by Gasteiger charge is -2.16. The van der Waals surface area contributed by atoms with Crippen molar-refractivity contribution in [2.24, 2.45) is 5.92 Å². The summed E-state index contributed by atoms with van der Waals surface area (Å²) in [6.07, 6.45) is 2.16. The van der Waals surface area contributed by atoms with E-state index in [1.54, 1.807) is 4.90 Å². The number of amides is 1. The molecule has 1 fully saturated rings. The van der Waals surface area contributed by atoms with Crippen molar-refractivity contribution in [2.75, 3.05) is 13.1 Å². The number of para-hydroxylation sites is 1. The van der Waals surface area contributed by atoms with Crippen molar-refractivity contribution in [1.82, 2.24) is 9.88 Å². The van der Waals surface area contributed by atoms with E-state index in [0.29, 0.717) is 6.54 Å². The molecule has 0 aliphatic carbocycles. The molecule has 2 atom stereocenters. The molecule has 1 aromatic heterocycles. The fraction of sp³-hybridized carbons (Fsp3) is 0.273. The lowest BCUT2D eigenvalue weighted by molar-refractivity contribution is -0.141. The highest BCUT2D eigenvalue weighted by Gasteiger charge is 2.40. The molecule has 1 amide bonds. The maximum atomic E-state index is 12.9. The summed E-state index contributed by atoms with van der Waals surface area (Å²) in [7, 11) is 0. The first-order chi connectivity index (χ1) is 13.0. The first-order valence-electron chi connectivity index (χ1n) is 9.15. The highest BCUT2D eigenvalue weighted by Crippen LogP contribution is 2.33. The summed E-state index contributed by atoms with van der Waals surface area (Å²) < 4.78 is 0. The number of aliphatic carboxylic acids is 1. The summed E-state index contributed by atoms with van der Waals surface area (Å²) in [5, 5.41) is 10.7. The number of aromatic amines is 1. The number of benzene rings is 2. The Labute approximate surface area is 157 Å². The standard InChI is InChI=1S/C22H22N2O3/c1-14-6-5-9-17-16(11-23-21(14)17)10-20(25)24-12-18(19(13-24)22(26)27)15-7-3-2-4-8-15/h2-9,11,18-19,23H,10,12-13H2,1H3,(H,26,27). The number of carboxylic acid groups (broad SMARTS) is 1. The van der Waals surface area contributed by atoms with Gasteiger partial charge in [-0.05, 0) is 23.6 Å². The average Bonchev–Trinajstić information content (AvgIpc) is 3.28. The Morgan fingerprint density at radius 1 is 1.11 bits per heavy atom. The number of rotatable bonds is 4. The van der Waals surface area contributed by atoms with Crippen LogP contribution >= 0.6 is 0 Å². The molecule has 0 bridgehead atoms. The van der Waals surface area contributed by atoms with Gasteiger partial charge >= 0.3 is 5.97 Å². The molecule has 5 nitrogen and oxygen atoms in total. The number of aromatic nitrogens is 1. The van der Waals surface area contributed by atoms with Crippen LogP contribution < -0.4 is 0 Å². The molecule has 4 rings (SSSR count). The van der Waals surface area contributed by atoms with Gasteiger partial charge in [0.25, 0.3) is 0 Å². The van der Waals surface area contributed by atoms with Crippen molar-refractivity contribution in [3.8, 4) is 0 Å². The van der Waals surface area contributed by atoms with Gasteiger partial charge in [0.2, 0.25) is 5.91 Å². The van der Waals surface area contributed by atoms with E-state index in [2.05, 4.69) is 4.98 Å². The van der Waals surface area contributed by atoms with Crippen LogP contribution in [0.4, 0.5) is 0 Å². The van der Waals surface area contributed by atoms with Crippen LogP contribution in [0.5, 0.6) is 0 Å². The van der Waals surface area contributed by atoms with Gasteiger partial charge in [-0.2, -0.15) is 0 Å². The number of carbonyl (C=O) groups is 2. The zero-order chi connectivity index (χ0) is 19.0. The second kappa shape index (κ2) is 6.91. The van der Waals surface area contributed by atoms with Crippen LogP contribution in [0.25, 0.3) is 10.9 Å². The fourth-order valence-corrected chi connectivity index (χ4v) is 4.08. The number of hydrogen-bond acceptors (Lipinski definition) is 2. The first-order valence-corrected chi connectivity index (χ1v) is 9.15. The van der Waals surface area contributed by atoms with Crippen molar-refractivity contribution in [3.05, 3.63) is 71.4 Å². The lowest BCUT2D eigenvalue weighted by atomic mass is 9.89. The van der Waals surface area contributed by atoms with Crippen molar-refractivity contribution in [1.29, 1.82) is 0 Å². The topological polar surface area (TPSA) is 73.4 Å². The molecule has 2 unspecified atom stereocenters. The normalized spacial score (nSPS) is 19.5. The van der Waals surface area contributed by atoms with Gasteiger partial charge in [0, 0.05) is 36.1 Å². The number of nitrogens with zero attached hydrogens (tertiary/aromatic N) is 1. The fourth-order valence-electron chi connectivity index (χ4n) is 4.08. The second-order valence-corrected chi connectivity index (χ2v) is 7.25. The molecule has 138 valence electrons. The summed E-state index contributed by atoms with van der Waals surface area (Å²) in [6, 6.07) is 15.6. The largest absolute Gasteiger partial charge is 0.481 e. The van der Waals surface area contributed by atoms with Crippen LogP contribution in [0.1, 0.15) is 22.6 Å². The monoisotopic (exact) mass is 362 g/mol. The predicted molar refractivity (Wildman–Crippen MR) is 104 cm³/mol. The molecule has 5 heteroatoms. The Morgan fingerprint density at radius 3 is 2.63 bits per heavy atom. The SMILES string of the molecule is Cc1cccc2c(CC(=O)N3CC(C(=O)O)C(c4ccccc4)C3)c[nH]c12. The molecule has 1 aliphatic rings. The van der Waals surface area contributed by atoms with Crippen LogP contribution in [-0.2, 0) is 16.0 Å². The molecule has 2 aromatic carbocycles. The number of hydrogen-bond donors (Lipinski definition) is 2. The third kappa shape index (κ3) is 3.21. The quantitative estimate of drug-likeness (QED) is 0.747. The predicted octanol–water partition coefficient (Wildman–Crippen LogP) is 3.35. The van der Waals surface area contributed by atoms with E-state index in [4.69, 9.17) is 0 Å². The number of aryl methyl sites for hydroxylation is 1. The summed E-state index contributed by atoms with van der Waals surface area (Å²) >= 11 is 0. The number of carboxylic acids is 1. The number of carbonyl (C=O) groups excluding carboxylic acids is 1. The molecule has 0 saturated carbocycles. The van der Waals surface area contributed by atoms with Crippen LogP contribution in [0.3, 0.4) is 0 Å². The number of fused-ring (bicyclic) bond motifs is 1. The minimum atomic E-state index is -0.845. The zero-order valence-corrected chi connectivity index (χ0v) is 15.2. The Balaban J connectivity index is 1.55. The van der Waals surface area contributed by atoms with Gasteiger partial charge in [0.1, 0.15) is 0 Å². The third-order valence-electron chi connectivity index (χ3n) is 5.57. The smallest absolute Gasteiger partial charge is 0.308 e. The average molecular weight is 362 g/mol. The summed E-state index contributed by atoms with van der Waals surface area (Å²) in [6.45, 7) is 2.74. The number of nitrogens with one attached hydrogen (secondary N) is 1. The molecule has 27 heavy (non-hydrogen) atoms. The van der Waals surface area contributed by atoms with E-state index in [-0.39, 0.29) is 24.8 Å². The van der Waals surface area contributed by atoms with Gasteiger partial charge in [-0.15, -0.1) is 0 Å². The number of likely N-dealkylation sites (tertiary alicyclic amines) is 1. The molecule has 3 aromatic rings. The van der Waals surface area contributed by atoms with E-state index in [1.165, 1.54) is 0 Å². The van der Waals surface area contributed by atoms with E-state index < -0.39 is 11.9 Å². The van der Waals surface area contributed by atoms with E-state index in [1.807, 2.05) is 61.7 Å². The van der Waals surface area contributed by atoms with Gasteiger partial charge in [0.05, 0.1) is 12.3 Å². The van der Waals surface area contributed by atoms with Gasteiger partial charge in [-0.3, -0.25) is 9.59 Å². The van der Waals surface area contributed by atoms with E-state index in [0.717, 1.165) is 27.6 Å². The third-order valence-corrected chi connectivity index (χ3v) is 5.57. The molecular weight excluding hydrogens is 340 g/mol. The Bertz CT molecular complexity index is 993.